The molecule has 0 aromatic heterocycles. The molecule has 1 aromatic rings. The topological polar surface area (TPSA) is 55.5 Å². The van der Waals surface area contributed by atoms with Crippen LogP contribution in [0.25, 0.3) is 0 Å². The standard InChI is InChI=1S/C10H10ClFN2O/c1-14-10(15)9(13)5-6-2-3-7(11)8(12)4-6/h2-4,9H,1,5,13H2/t9-/m1/s1. The lowest BCUT2D eigenvalue weighted by Crippen LogP contribution is -2.31. The Hall–Kier alpha value is -1.26. The third kappa shape index (κ3) is 3.11. The van der Waals surface area contributed by atoms with Crippen molar-refractivity contribution in [2.24, 2.45) is 10.7 Å². The Labute approximate surface area is 91.8 Å². The molecule has 15 heavy (non-hydrogen) atoms. The monoisotopic (exact) mass is 228 g/mol. The summed E-state index contributed by atoms with van der Waals surface area (Å²) in [6.07, 6.45) is 0.214. The van der Waals surface area contributed by atoms with Crippen molar-refractivity contribution in [3.05, 3.63) is 34.6 Å². The minimum atomic E-state index is -0.789. The number of hydrogen-bond donors (Lipinski definition) is 1. The van der Waals surface area contributed by atoms with Crippen molar-refractivity contribution >= 4 is 24.2 Å². The van der Waals surface area contributed by atoms with Crippen molar-refractivity contribution in [2.75, 3.05) is 0 Å². The summed E-state index contributed by atoms with van der Waals surface area (Å²) in [5.41, 5.74) is 6.11. The van der Waals surface area contributed by atoms with Crippen molar-refractivity contribution in [1.82, 2.24) is 0 Å². The first-order valence-corrected chi connectivity index (χ1v) is 4.62. The second kappa shape index (κ2) is 5.00. The Balaban J connectivity index is 2.77. The van der Waals surface area contributed by atoms with E-state index in [1.165, 1.54) is 12.1 Å². The maximum atomic E-state index is 13.0. The van der Waals surface area contributed by atoms with Crippen LogP contribution in [0.1, 0.15) is 5.56 Å². The van der Waals surface area contributed by atoms with Crippen molar-refractivity contribution in [1.29, 1.82) is 0 Å². The number of nitrogens with two attached hydrogens (primary N) is 1. The molecule has 0 aliphatic rings. The highest BCUT2D eigenvalue weighted by Gasteiger charge is 2.12. The summed E-state index contributed by atoms with van der Waals surface area (Å²) in [6.45, 7) is 3.08. The van der Waals surface area contributed by atoms with Crippen LogP contribution >= 0.6 is 11.6 Å². The largest absolute Gasteiger partial charge is 0.320 e. The van der Waals surface area contributed by atoms with Gasteiger partial charge in [-0.05, 0) is 30.8 Å². The van der Waals surface area contributed by atoms with E-state index in [0.29, 0.717) is 5.56 Å². The minimum absolute atomic E-state index is 0.0421. The number of benzene rings is 1. The third-order valence-electron chi connectivity index (χ3n) is 1.91. The molecule has 0 fully saturated rings. The van der Waals surface area contributed by atoms with E-state index in [4.69, 9.17) is 17.3 Å². The second-order valence-corrected chi connectivity index (χ2v) is 3.46. The molecule has 0 aliphatic heterocycles. The first-order valence-electron chi connectivity index (χ1n) is 4.24. The van der Waals surface area contributed by atoms with E-state index in [0.717, 1.165) is 0 Å². The second-order valence-electron chi connectivity index (χ2n) is 3.06. The molecule has 3 nitrogen and oxygen atoms in total. The molecule has 1 atom stereocenters. The molecule has 80 valence electrons. The van der Waals surface area contributed by atoms with Gasteiger partial charge in [-0.1, -0.05) is 17.7 Å². The van der Waals surface area contributed by atoms with E-state index in [-0.39, 0.29) is 11.4 Å². The summed E-state index contributed by atoms with van der Waals surface area (Å²) in [4.78, 5) is 14.2. The van der Waals surface area contributed by atoms with Crippen LogP contribution in [0.2, 0.25) is 5.02 Å². The molecule has 2 N–H and O–H groups in total. The third-order valence-corrected chi connectivity index (χ3v) is 2.22. The fourth-order valence-corrected chi connectivity index (χ4v) is 1.24. The number of nitrogens with zero attached hydrogens (tertiary/aromatic N) is 1. The Bertz CT molecular complexity index is 395. The van der Waals surface area contributed by atoms with Gasteiger partial charge >= 0.3 is 0 Å². The van der Waals surface area contributed by atoms with E-state index in [1.807, 2.05) is 0 Å². The molecule has 0 spiro atoms. The van der Waals surface area contributed by atoms with E-state index in [1.54, 1.807) is 6.07 Å². The molecule has 0 bridgehead atoms. The molecule has 0 aliphatic carbocycles. The Kier molecular flexibility index (Phi) is 3.94. The minimum Gasteiger partial charge on any atom is -0.320 e. The highest BCUT2D eigenvalue weighted by molar-refractivity contribution is 6.30. The SMILES string of the molecule is C=NC(=O)[C@H](N)Cc1ccc(Cl)c(F)c1. The van der Waals surface area contributed by atoms with Gasteiger partial charge in [-0.15, -0.1) is 0 Å². The van der Waals surface area contributed by atoms with Gasteiger partial charge in [-0.3, -0.25) is 4.79 Å². The maximum Gasteiger partial charge on any atom is 0.262 e. The number of rotatable bonds is 3. The van der Waals surface area contributed by atoms with Gasteiger partial charge in [0.2, 0.25) is 0 Å². The Morgan fingerprint density at radius 3 is 2.87 bits per heavy atom. The zero-order valence-corrected chi connectivity index (χ0v) is 8.67. The number of carbonyl (C=O) groups is 1. The summed E-state index contributed by atoms with van der Waals surface area (Å²) in [7, 11) is 0. The molecule has 0 saturated heterocycles. The summed E-state index contributed by atoms with van der Waals surface area (Å²) in [6, 6.07) is 3.49. The van der Waals surface area contributed by atoms with Crippen molar-refractivity contribution in [3.63, 3.8) is 0 Å². The lowest BCUT2D eigenvalue weighted by molar-refractivity contribution is -0.118. The van der Waals surface area contributed by atoms with Crippen LogP contribution in [0.15, 0.2) is 23.2 Å². The summed E-state index contributed by atoms with van der Waals surface area (Å²) >= 11 is 5.51. The number of amides is 1. The van der Waals surface area contributed by atoms with Crippen LogP contribution in [0.4, 0.5) is 4.39 Å². The summed E-state index contributed by atoms with van der Waals surface area (Å²) in [5.74, 6) is -1.04. The molecule has 1 amide bonds. The molecule has 0 saturated carbocycles. The zero-order valence-electron chi connectivity index (χ0n) is 7.91. The van der Waals surface area contributed by atoms with Gasteiger partial charge in [0.15, 0.2) is 0 Å². The quantitative estimate of drug-likeness (QED) is 0.799. The smallest absolute Gasteiger partial charge is 0.262 e. The fraction of sp³-hybridized carbons (Fsp3) is 0.200. The molecule has 0 unspecified atom stereocenters. The Morgan fingerprint density at radius 1 is 1.67 bits per heavy atom. The predicted octanol–water partition coefficient (Wildman–Crippen LogP) is 1.58. The lowest BCUT2D eigenvalue weighted by atomic mass is 10.1. The van der Waals surface area contributed by atoms with Crippen LogP contribution < -0.4 is 5.73 Å². The van der Waals surface area contributed by atoms with Gasteiger partial charge in [0.25, 0.3) is 5.91 Å². The predicted molar refractivity (Wildman–Crippen MR) is 57.6 cm³/mol. The molecule has 0 radical (unpaired) electrons. The van der Waals surface area contributed by atoms with Crippen LogP contribution in [-0.4, -0.2) is 18.7 Å². The first kappa shape index (κ1) is 11.8. The number of halogens is 2. The van der Waals surface area contributed by atoms with Crippen LogP contribution in [0.3, 0.4) is 0 Å². The molecular formula is C10H10ClFN2O. The maximum absolute atomic E-state index is 13.0. The summed E-state index contributed by atoms with van der Waals surface area (Å²) in [5, 5.41) is 0.0421. The van der Waals surface area contributed by atoms with Gasteiger partial charge < -0.3 is 5.73 Å². The molecular weight excluding hydrogens is 219 g/mol. The Morgan fingerprint density at radius 2 is 2.33 bits per heavy atom. The van der Waals surface area contributed by atoms with E-state index < -0.39 is 17.8 Å². The average molecular weight is 229 g/mol. The zero-order chi connectivity index (χ0) is 11.4. The molecule has 5 heteroatoms. The van der Waals surface area contributed by atoms with Gasteiger partial charge in [-0.25, -0.2) is 9.38 Å². The van der Waals surface area contributed by atoms with Gasteiger partial charge in [0.1, 0.15) is 5.82 Å². The van der Waals surface area contributed by atoms with E-state index in [2.05, 4.69) is 11.7 Å². The number of aliphatic imine (C=N–C) groups is 1. The van der Waals surface area contributed by atoms with Crippen molar-refractivity contribution in [3.8, 4) is 0 Å². The normalized spacial score (nSPS) is 12.2. The van der Waals surface area contributed by atoms with Crippen LogP contribution in [0, 0.1) is 5.82 Å². The number of carbonyl (C=O) groups excluding carboxylic acids is 1. The lowest BCUT2D eigenvalue weighted by Gasteiger charge is -2.07. The fourth-order valence-electron chi connectivity index (χ4n) is 1.13. The molecule has 0 heterocycles. The van der Waals surface area contributed by atoms with Crippen molar-refractivity contribution < 1.29 is 9.18 Å². The molecule has 1 aromatic carbocycles. The number of hydrogen-bond acceptors (Lipinski definition) is 2. The first-order chi connectivity index (χ1) is 7.04. The van der Waals surface area contributed by atoms with Gasteiger partial charge in [0, 0.05) is 0 Å². The highest BCUT2D eigenvalue weighted by Crippen LogP contribution is 2.16. The van der Waals surface area contributed by atoms with E-state index >= 15 is 0 Å². The van der Waals surface area contributed by atoms with Crippen molar-refractivity contribution in [2.45, 2.75) is 12.5 Å². The summed E-state index contributed by atoms with van der Waals surface area (Å²) < 4.78 is 13.0. The average Bonchev–Trinajstić information content (AvgIpc) is 2.22. The highest BCUT2D eigenvalue weighted by atomic mass is 35.5. The molecule has 1 rings (SSSR count). The van der Waals surface area contributed by atoms with Gasteiger partial charge in [0.05, 0.1) is 11.1 Å². The van der Waals surface area contributed by atoms with Crippen LogP contribution in [0.5, 0.6) is 0 Å². The van der Waals surface area contributed by atoms with E-state index in [9.17, 15) is 9.18 Å². The van der Waals surface area contributed by atoms with Gasteiger partial charge in [-0.2, -0.15) is 0 Å². The van der Waals surface area contributed by atoms with Crippen LogP contribution in [-0.2, 0) is 11.2 Å².